The summed E-state index contributed by atoms with van der Waals surface area (Å²) in [6.07, 6.45) is 0.351. The first kappa shape index (κ1) is 15.7. The number of anilines is 1. The summed E-state index contributed by atoms with van der Waals surface area (Å²) in [5, 5.41) is 2.97. The van der Waals surface area contributed by atoms with Gasteiger partial charge < -0.3 is 11.1 Å². The average molecular weight is 262 g/mol. The second-order valence-corrected chi connectivity index (χ2v) is 5.89. The van der Waals surface area contributed by atoms with Gasteiger partial charge >= 0.3 is 0 Å². The van der Waals surface area contributed by atoms with Gasteiger partial charge in [-0.3, -0.25) is 4.79 Å². The molecule has 0 radical (unpaired) electrons. The first-order valence-corrected chi connectivity index (χ1v) is 7.00. The van der Waals surface area contributed by atoms with E-state index in [1.54, 1.807) is 0 Å². The van der Waals surface area contributed by atoms with E-state index in [0.717, 1.165) is 5.69 Å². The topological polar surface area (TPSA) is 55.1 Å². The number of carbonyl (C=O) groups is 1. The molecule has 3 N–H and O–H groups in total. The molecular weight excluding hydrogens is 236 g/mol. The number of hydrogen-bond acceptors (Lipinski definition) is 2. The summed E-state index contributed by atoms with van der Waals surface area (Å²) in [5.41, 5.74) is 9.04. The molecule has 0 heterocycles. The zero-order valence-corrected chi connectivity index (χ0v) is 12.7. The summed E-state index contributed by atoms with van der Waals surface area (Å²) in [5.74, 6) is 0.852. The summed E-state index contributed by atoms with van der Waals surface area (Å²) in [6, 6.07) is 6.16. The Labute approximate surface area is 116 Å². The maximum atomic E-state index is 11.8. The third-order valence-electron chi connectivity index (χ3n) is 3.15. The van der Waals surface area contributed by atoms with Crippen molar-refractivity contribution in [3.63, 3.8) is 0 Å². The van der Waals surface area contributed by atoms with Crippen LogP contribution in [0.3, 0.4) is 0 Å². The van der Waals surface area contributed by atoms with Crippen molar-refractivity contribution in [2.24, 2.45) is 5.73 Å². The third kappa shape index (κ3) is 4.67. The molecule has 1 atom stereocenters. The van der Waals surface area contributed by atoms with Gasteiger partial charge in [-0.2, -0.15) is 0 Å². The lowest BCUT2D eigenvalue weighted by Crippen LogP contribution is -2.24. The molecule has 1 aromatic rings. The van der Waals surface area contributed by atoms with Crippen molar-refractivity contribution in [3.8, 4) is 0 Å². The van der Waals surface area contributed by atoms with Crippen LogP contribution in [0.4, 0.5) is 5.69 Å². The first-order valence-electron chi connectivity index (χ1n) is 7.00. The van der Waals surface area contributed by atoms with E-state index in [1.165, 1.54) is 11.1 Å². The summed E-state index contributed by atoms with van der Waals surface area (Å²) >= 11 is 0. The van der Waals surface area contributed by atoms with Crippen molar-refractivity contribution in [1.29, 1.82) is 0 Å². The summed E-state index contributed by atoms with van der Waals surface area (Å²) in [6.45, 7) is 10.5. The molecule has 0 spiro atoms. The van der Waals surface area contributed by atoms with Gasteiger partial charge in [-0.05, 0) is 36.0 Å². The van der Waals surface area contributed by atoms with E-state index in [1.807, 2.05) is 13.0 Å². The SMILES string of the molecule is CC(N)CC(=O)Nc1ccc(C(C)C)cc1C(C)C. The van der Waals surface area contributed by atoms with E-state index in [-0.39, 0.29) is 11.9 Å². The van der Waals surface area contributed by atoms with Gasteiger partial charge in [0.15, 0.2) is 0 Å². The van der Waals surface area contributed by atoms with Gasteiger partial charge in [-0.15, -0.1) is 0 Å². The van der Waals surface area contributed by atoms with Crippen LogP contribution in [0.2, 0.25) is 0 Å². The van der Waals surface area contributed by atoms with Crippen molar-refractivity contribution in [3.05, 3.63) is 29.3 Å². The normalized spacial score (nSPS) is 12.8. The van der Waals surface area contributed by atoms with E-state index >= 15 is 0 Å². The third-order valence-corrected chi connectivity index (χ3v) is 3.15. The Morgan fingerprint density at radius 2 is 1.79 bits per heavy atom. The van der Waals surface area contributed by atoms with Crippen LogP contribution in [0.1, 0.15) is 64.0 Å². The highest BCUT2D eigenvalue weighted by atomic mass is 16.1. The van der Waals surface area contributed by atoms with Crippen molar-refractivity contribution in [1.82, 2.24) is 0 Å². The van der Waals surface area contributed by atoms with E-state index in [0.29, 0.717) is 18.3 Å². The number of nitrogens with one attached hydrogen (secondary N) is 1. The second kappa shape index (κ2) is 6.71. The predicted molar refractivity (Wildman–Crippen MR) is 81.5 cm³/mol. The van der Waals surface area contributed by atoms with Crippen LogP contribution in [0, 0.1) is 0 Å². The van der Waals surface area contributed by atoms with E-state index in [9.17, 15) is 4.79 Å². The summed E-state index contributed by atoms with van der Waals surface area (Å²) < 4.78 is 0. The quantitative estimate of drug-likeness (QED) is 0.851. The highest BCUT2D eigenvalue weighted by molar-refractivity contribution is 5.92. The molecule has 0 aliphatic heterocycles. The number of amides is 1. The molecule has 1 aromatic carbocycles. The van der Waals surface area contributed by atoms with Crippen LogP contribution in [-0.4, -0.2) is 11.9 Å². The van der Waals surface area contributed by atoms with E-state index < -0.39 is 0 Å². The van der Waals surface area contributed by atoms with Gasteiger partial charge in [-0.25, -0.2) is 0 Å². The highest BCUT2D eigenvalue weighted by Crippen LogP contribution is 2.28. The number of benzene rings is 1. The Hall–Kier alpha value is -1.35. The summed E-state index contributed by atoms with van der Waals surface area (Å²) in [4.78, 5) is 11.8. The van der Waals surface area contributed by atoms with Crippen LogP contribution < -0.4 is 11.1 Å². The fourth-order valence-electron chi connectivity index (χ4n) is 2.03. The van der Waals surface area contributed by atoms with Crippen molar-refractivity contribution < 1.29 is 4.79 Å². The fourth-order valence-corrected chi connectivity index (χ4v) is 2.03. The summed E-state index contributed by atoms with van der Waals surface area (Å²) in [7, 11) is 0. The van der Waals surface area contributed by atoms with Crippen LogP contribution in [0.5, 0.6) is 0 Å². The Balaban J connectivity index is 2.97. The Bertz CT molecular complexity index is 436. The molecule has 1 unspecified atom stereocenters. The molecule has 106 valence electrons. The van der Waals surface area contributed by atoms with Crippen LogP contribution in [0.15, 0.2) is 18.2 Å². The van der Waals surface area contributed by atoms with Gasteiger partial charge in [0.2, 0.25) is 5.91 Å². The number of nitrogens with two attached hydrogens (primary N) is 1. The molecule has 1 rings (SSSR count). The molecule has 0 saturated heterocycles. The fraction of sp³-hybridized carbons (Fsp3) is 0.562. The minimum absolute atomic E-state index is 0.0193. The average Bonchev–Trinajstić information content (AvgIpc) is 2.27. The van der Waals surface area contributed by atoms with Crippen LogP contribution in [0.25, 0.3) is 0 Å². The Morgan fingerprint density at radius 3 is 2.26 bits per heavy atom. The van der Waals surface area contributed by atoms with Gasteiger partial charge in [0.1, 0.15) is 0 Å². The monoisotopic (exact) mass is 262 g/mol. The molecule has 19 heavy (non-hydrogen) atoms. The maximum absolute atomic E-state index is 11.8. The molecule has 0 bridgehead atoms. The van der Waals surface area contributed by atoms with Gasteiger partial charge in [0.05, 0.1) is 0 Å². The molecule has 0 saturated carbocycles. The van der Waals surface area contributed by atoms with Crippen LogP contribution >= 0.6 is 0 Å². The van der Waals surface area contributed by atoms with Gasteiger partial charge in [-0.1, -0.05) is 39.8 Å². The smallest absolute Gasteiger partial charge is 0.225 e. The standard InChI is InChI=1S/C16H26N2O/c1-10(2)13-6-7-15(14(9-13)11(3)4)18-16(19)8-12(5)17/h6-7,9-12H,8,17H2,1-5H3,(H,18,19). The lowest BCUT2D eigenvalue weighted by molar-refractivity contribution is -0.116. The minimum atomic E-state index is -0.113. The van der Waals surface area contributed by atoms with Crippen LogP contribution in [-0.2, 0) is 4.79 Å². The molecule has 3 nitrogen and oxygen atoms in total. The first-order chi connectivity index (χ1) is 8.81. The van der Waals surface area contributed by atoms with Crippen molar-refractivity contribution in [2.45, 2.75) is 58.9 Å². The predicted octanol–water partition coefficient (Wildman–Crippen LogP) is 3.61. The molecule has 0 fully saturated rings. The van der Waals surface area contributed by atoms with E-state index in [4.69, 9.17) is 5.73 Å². The molecular formula is C16H26N2O. The van der Waals surface area contributed by atoms with Gasteiger partial charge in [0.25, 0.3) is 0 Å². The lowest BCUT2D eigenvalue weighted by atomic mass is 9.94. The molecule has 3 heteroatoms. The molecule has 0 aromatic heterocycles. The largest absolute Gasteiger partial charge is 0.327 e. The Kier molecular flexibility index (Phi) is 5.55. The molecule has 0 aliphatic carbocycles. The van der Waals surface area contributed by atoms with Gasteiger partial charge in [0, 0.05) is 18.2 Å². The zero-order valence-electron chi connectivity index (χ0n) is 12.7. The number of carbonyl (C=O) groups excluding carboxylic acids is 1. The second-order valence-electron chi connectivity index (χ2n) is 5.89. The zero-order chi connectivity index (χ0) is 14.6. The van der Waals surface area contributed by atoms with E-state index in [2.05, 4.69) is 45.1 Å². The molecule has 0 aliphatic rings. The lowest BCUT2D eigenvalue weighted by Gasteiger charge is -2.17. The minimum Gasteiger partial charge on any atom is -0.327 e. The maximum Gasteiger partial charge on any atom is 0.225 e. The number of hydrogen-bond donors (Lipinski definition) is 2. The molecule has 1 amide bonds. The number of rotatable bonds is 5. The van der Waals surface area contributed by atoms with Crippen molar-refractivity contribution >= 4 is 11.6 Å². The highest BCUT2D eigenvalue weighted by Gasteiger charge is 2.12. The van der Waals surface area contributed by atoms with Crippen molar-refractivity contribution in [2.75, 3.05) is 5.32 Å². The Morgan fingerprint density at radius 1 is 1.16 bits per heavy atom.